The summed E-state index contributed by atoms with van der Waals surface area (Å²) in [7, 11) is 0. The van der Waals surface area contributed by atoms with Gasteiger partial charge in [-0.3, -0.25) is 0 Å². The summed E-state index contributed by atoms with van der Waals surface area (Å²) in [6.07, 6.45) is 8.56. The SMILES string of the molecule is CC1CCC(CCNCCCC(N)=NO)CC1. The lowest BCUT2D eigenvalue weighted by Crippen LogP contribution is -2.23. The highest BCUT2D eigenvalue weighted by Gasteiger charge is 2.17. The summed E-state index contributed by atoms with van der Waals surface area (Å²) in [6.45, 7) is 4.43. The first kappa shape index (κ1) is 14.3. The topological polar surface area (TPSA) is 70.6 Å². The number of nitrogens with two attached hydrogens (primary N) is 1. The summed E-state index contributed by atoms with van der Waals surface area (Å²) < 4.78 is 0. The van der Waals surface area contributed by atoms with Crippen LogP contribution in [0.25, 0.3) is 0 Å². The van der Waals surface area contributed by atoms with Crippen molar-refractivity contribution in [1.29, 1.82) is 0 Å². The standard InChI is InChI=1S/C13H27N3O/c1-11-4-6-12(7-5-11)8-10-15-9-2-3-13(14)16-17/h11-12,15,17H,2-10H2,1H3,(H2,14,16). The Balaban J connectivity index is 1.90. The minimum absolute atomic E-state index is 0.327. The van der Waals surface area contributed by atoms with Gasteiger partial charge < -0.3 is 16.3 Å². The van der Waals surface area contributed by atoms with E-state index >= 15 is 0 Å². The third-order valence-electron chi connectivity index (χ3n) is 3.78. The second-order valence-corrected chi connectivity index (χ2v) is 5.36. The van der Waals surface area contributed by atoms with Crippen LogP contribution in [0.15, 0.2) is 5.16 Å². The van der Waals surface area contributed by atoms with E-state index in [9.17, 15) is 0 Å². The fourth-order valence-corrected chi connectivity index (χ4v) is 2.49. The zero-order valence-corrected chi connectivity index (χ0v) is 11.0. The molecule has 0 radical (unpaired) electrons. The quantitative estimate of drug-likeness (QED) is 0.211. The van der Waals surface area contributed by atoms with E-state index < -0.39 is 0 Å². The van der Waals surface area contributed by atoms with Gasteiger partial charge in [0.15, 0.2) is 0 Å². The van der Waals surface area contributed by atoms with Crippen LogP contribution in [0.5, 0.6) is 0 Å². The maximum Gasteiger partial charge on any atom is 0.139 e. The Hall–Kier alpha value is -0.770. The normalized spacial score (nSPS) is 26.1. The van der Waals surface area contributed by atoms with Gasteiger partial charge in [0.05, 0.1) is 0 Å². The van der Waals surface area contributed by atoms with Gasteiger partial charge in [0, 0.05) is 6.42 Å². The number of nitrogens with one attached hydrogen (secondary N) is 1. The average molecular weight is 241 g/mol. The molecule has 0 saturated heterocycles. The van der Waals surface area contributed by atoms with Crippen molar-refractivity contribution in [2.24, 2.45) is 22.7 Å². The Morgan fingerprint density at radius 2 is 2.00 bits per heavy atom. The smallest absolute Gasteiger partial charge is 0.139 e. The van der Waals surface area contributed by atoms with Crippen LogP contribution in [-0.4, -0.2) is 24.1 Å². The van der Waals surface area contributed by atoms with E-state index in [4.69, 9.17) is 10.9 Å². The number of oxime groups is 1. The minimum atomic E-state index is 0.327. The molecule has 0 aliphatic heterocycles. The third-order valence-corrected chi connectivity index (χ3v) is 3.78. The molecule has 0 aromatic carbocycles. The van der Waals surface area contributed by atoms with Crippen LogP contribution in [0.3, 0.4) is 0 Å². The molecule has 17 heavy (non-hydrogen) atoms. The third kappa shape index (κ3) is 6.51. The molecule has 4 N–H and O–H groups in total. The molecular formula is C13H27N3O. The Labute approximate surface area is 105 Å². The first-order chi connectivity index (χ1) is 8.22. The molecule has 1 aliphatic carbocycles. The van der Waals surface area contributed by atoms with Gasteiger partial charge in [0.25, 0.3) is 0 Å². The molecule has 0 aromatic rings. The van der Waals surface area contributed by atoms with Crippen molar-refractivity contribution in [3.8, 4) is 0 Å². The maximum atomic E-state index is 8.37. The van der Waals surface area contributed by atoms with Crippen molar-refractivity contribution in [3.05, 3.63) is 0 Å². The fraction of sp³-hybridized carbons (Fsp3) is 0.923. The van der Waals surface area contributed by atoms with Crippen LogP contribution in [-0.2, 0) is 0 Å². The largest absolute Gasteiger partial charge is 0.409 e. The van der Waals surface area contributed by atoms with Crippen molar-refractivity contribution in [2.75, 3.05) is 13.1 Å². The van der Waals surface area contributed by atoms with Gasteiger partial charge in [-0.2, -0.15) is 0 Å². The summed E-state index contributed by atoms with van der Waals surface area (Å²) in [4.78, 5) is 0. The molecule has 0 heterocycles. The predicted molar refractivity (Wildman–Crippen MR) is 71.3 cm³/mol. The van der Waals surface area contributed by atoms with E-state index in [2.05, 4.69) is 17.4 Å². The summed E-state index contributed by atoms with van der Waals surface area (Å²) >= 11 is 0. The number of hydrogen-bond acceptors (Lipinski definition) is 3. The number of amidine groups is 1. The lowest BCUT2D eigenvalue weighted by molar-refractivity contribution is 0.275. The molecule has 1 saturated carbocycles. The molecule has 0 aromatic heterocycles. The summed E-state index contributed by atoms with van der Waals surface area (Å²) in [5.74, 6) is 2.20. The van der Waals surface area contributed by atoms with E-state index in [1.807, 2.05) is 0 Å². The van der Waals surface area contributed by atoms with E-state index in [-0.39, 0.29) is 0 Å². The van der Waals surface area contributed by atoms with E-state index in [1.165, 1.54) is 32.1 Å². The monoisotopic (exact) mass is 241 g/mol. The molecule has 0 amide bonds. The first-order valence-corrected chi connectivity index (χ1v) is 6.89. The molecule has 0 atom stereocenters. The molecule has 0 unspecified atom stereocenters. The first-order valence-electron chi connectivity index (χ1n) is 6.89. The lowest BCUT2D eigenvalue weighted by atomic mass is 9.81. The molecule has 1 aliphatic rings. The Bertz CT molecular complexity index is 223. The Morgan fingerprint density at radius 3 is 2.65 bits per heavy atom. The summed E-state index contributed by atoms with van der Waals surface area (Å²) in [5.41, 5.74) is 5.39. The average Bonchev–Trinajstić information content (AvgIpc) is 2.35. The van der Waals surface area contributed by atoms with E-state index in [0.717, 1.165) is 31.3 Å². The number of nitrogens with zero attached hydrogens (tertiary/aromatic N) is 1. The van der Waals surface area contributed by atoms with Crippen molar-refractivity contribution >= 4 is 5.84 Å². The highest BCUT2D eigenvalue weighted by molar-refractivity contribution is 5.79. The summed E-state index contributed by atoms with van der Waals surface area (Å²) in [5, 5.41) is 14.8. The molecule has 4 heteroatoms. The van der Waals surface area contributed by atoms with Gasteiger partial charge >= 0.3 is 0 Å². The molecule has 4 nitrogen and oxygen atoms in total. The van der Waals surface area contributed by atoms with Crippen molar-refractivity contribution in [2.45, 2.75) is 51.9 Å². The number of rotatable bonds is 7. The molecule has 1 fully saturated rings. The summed E-state index contributed by atoms with van der Waals surface area (Å²) in [6, 6.07) is 0. The van der Waals surface area contributed by atoms with E-state index in [0.29, 0.717) is 12.3 Å². The molecule has 1 rings (SSSR count). The van der Waals surface area contributed by atoms with Crippen LogP contribution in [0.1, 0.15) is 51.9 Å². The van der Waals surface area contributed by atoms with Gasteiger partial charge in [-0.1, -0.05) is 37.8 Å². The zero-order chi connectivity index (χ0) is 12.5. The fourth-order valence-electron chi connectivity index (χ4n) is 2.49. The second kappa shape index (κ2) is 8.34. The molecule has 100 valence electrons. The maximum absolute atomic E-state index is 8.37. The Morgan fingerprint density at radius 1 is 1.29 bits per heavy atom. The van der Waals surface area contributed by atoms with Gasteiger partial charge in [0.2, 0.25) is 0 Å². The lowest BCUT2D eigenvalue weighted by Gasteiger charge is -2.26. The van der Waals surface area contributed by atoms with Crippen LogP contribution < -0.4 is 11.1 Å². The zero-order valence-electron chi connectivity index (χ0n) is 11.0. The van der Waals surface area contributed by atoms with Crippen LogP contribution in [0.2, 0.25) is 0 Å². The van der Waals surface area contributed by atoms with Gasteiger partial charge in [-0.15, -0.1) is 0 Å². The van der Waals surface area contributed by atoms with Crippen LogP contribution >= 0.6 is 0 Å². The van der Waals surface area contributed by atoms with Gasteiger partial charge in [-0.25, -0.2) is 0 Å². The molecule has 0 bridgehead atoms. The van der Waals surface area contributed by atoms with Gasteiger partial charge in [-0.05, 0) is 37.8 Å². The highest BCUT2D eigenvalue weighted by Crippen LogP contribution is 2.29. The van der Waals surface area contributed by atoms with Crippen LogP contribution in [0.4, 0.5) is 0 Å². The number of hydrogen-bond donors (Lipinski definition) is 3. The van der Waals surface area contributed by atoms with Gasteiger partial charge in [0.1, 0.15) is 5.84 Å². The van der Waals surface area contributed by atoms with Crippen LogP contribution in [0, 0.1) is 11.8 Å². The van der Waals surface area contributed by atoms with Crippen molar-refractivity contribution < 1.29 is 5.21 Å². The molecule has 0 spiro atoms. The van der Waals surface area contributed by atoms with Crippen molar-refractivity contribution in [1.82, 2.24) is 5.32 Å². The highest BCUT2D eigenvalue weighted by atomic mass is 16.4. The van der Waals surface area contributed by atoms with E-state index in [1.54, 1.807) is 0 Å². The van der Waals surface area contributed by atoms with Crippen molar-refractivity contribution in [3.63, 3.8) is 0 Å². The molecular weight excluding hydrogens is 214 g/mol. The minimum Gasteiger partial charge on any atom is -0.409 e. The predicted octanol–water partition coefficient (Wildman–Crippen LogP) is 2.32. The second-order valence-electron chi connectivity index (χ2n) is 5.36. The Kier molecular flexibility index (Phi) is 7.01.